The van der Waals surface area contributed by atoms with E-state index in [4.69, 9.17) is 9.52 Å². The predicted octanol–water partition coefficient (Wildman–Crippen LogP) is 2.34. The minimum absolute atomic E-state index is 0.0158. The lowest BCUT2D eigenvalue weighted by Gasteiger charge is -2.03. The molecule has 104 valence electrons. The molecule has 1 heterocycles. The molecule has 0 saturated carbocycles. The van der Waals surface area contributed by atoms with Gasteiger partial charge in [0.25, 0.3) is 5.91 Å². The van der Waals surface area contributed by atoms with Crippen molar-refractivity contribution in [3.05, 3.63) is 59.5 Å². The van der Waals surface area contributed by atoms with Crippen molar-refractivity contribution in [3.63, 3.8) is 0 Å². The predicted molar refractivity (Wildman–Crippen MR) is 72.8 cm³/mol. The van der Waals surface area contributed by atoms with Gasteiger partial charge in [0.05, 0.1) is 0 Å². The van der Waals surface area contributed by atoms with Crippen LogP contribution in [0, 0.1) is 0 Å². The Morgan fingerprint density at radius 2 is 1.75 bits per heavy atom. The van der Waals surface area contributed by atoms with Gasteiger partial charge in [0.15, 0.2) is 5.76 Å². The number of carboxylic acids is 1. The van der Waals surface area contributed by atoms with Gasteiger partial charge in [-0.2, -0.15) is 0 Å². The van der Waals surface area contributed by atoms with Crippen LogP contribution in [0.15, 0.2) is 46.9 Å². The largest absolute Gasteiger partial charge is 0.475 e. The number of carbonyl (C=O) groups excluding carboxylic acids is 1. The average molecular weight is 273 g/mol. The first-order valence-electron chi connectivity index (χ1n) is 6.32. The molecule has 0 bridgehead atoms. The maximum Gasteiger partial charge on any atom is 0.371 e. The number of carbonyl (C=O) groups is 2. The fourth-order valence-electron chi connectivity index (χ4n) is 1.80. The van der Waals surface area contributed by atoms with Crippen LogP contribution in [-0.2, 0) is 6.42 Å². The van der Waals surface area contributed by atoms with E-state index >= 15 is 0 Å². The number of hydrogen-bond acceptors (Lipinski definition) is 3. The normalized spacial score (nSPS) is 10.2. The van der Waals surface area contributed by atoms with Crippen LogP contribution in [0.5, 0.6) is 0 Å². The molecule has 0 spiro atoms. The van der Waals surface area contributed by atoms with Crippen LogP contribution in [0.4, 0.5) is 0 Å². The van der Waals surface area contributed by atoms with Crippen molar-refractivity contribution < 1.29 is 19.1 Å². The number of furan rings is 1. The summed E-state index contributed by atoms with van der Waals surface area (Å²) < 4.78 is 4.91. The second kappa shape index (κ2) is 6.56. The Hall–Kier alpha value is -2.56. The number of amides is 1. The Bertz CT molecular complexity index is 589. The van der Waals surface area contributed by atoms with Crippen LogP contribution in [0.1, 0.15) is 33.1 Å². The maximum absolute atomic E-state index is 11.7. The summed E-state index contributed by atoms with van der Waals surface area (Å²) in [5.74, 6) is -1.81. The zero-order valence-corrected chi connectivity index (χ0v) is 10.8. The van der Waals surface area contributed by atoms with Crippen LogP contribution in [0.2, 0.25) is 0 Å². The van der Waals surface area contributed by atoms with Gasteiger partial charge in [-0.05, 0) is 30.5 Å². The van der Waals surface area contributed by atoms with Gasteiger partial charge in [0.1, 0.15) is 0 Å². The molecule has 1 aromatic carbocycles. The monoisotopic (exact) mass is 273 g/mol. The van der Waals surface area contributed by atoms with Crippen molar-refractivity contribution >= 4 is 11.9 Å². The SMILES string of the molecule is O=C(O)c1ccc(C(=O)NCCCc2ccccc2)o1. The van der Waals surface area contributed by atoms with Crippen LogP contribution in [0.25, 0.3) is 0 Å². The maximum atomic E-state index is 11.7. The molecule has 0 fully saturated rings. The number of nitrogens with one attached hydrogen (secondary N) is 1. The lowest BCUT2D eigenvalue weighted by molar-refractivity contribution is 0.0659. The first-order chi connectivity index (χ1) is 9.66. The summed E-state index contributed by atoms with van der Waals surface area (Å²) in [7, 11) is 0. The third-order valence-electron chi connectivity index (χ3n) is 2.81. The van der Waals surface area contributed by atoms with Crippen LogP contribution >= 0.6 is 0 Å². The molecule has 0 atom stereocenters. The van der Waals surface area contributed by atoms with Gasteiger partial charge >= 0.3 is 5.97 Å². The van der Waals surface area contributed by atoms with E-state index in [0.29, 0.717) is 6.54 Å². The van der Waals surface area contributed by atoms with Crippen molar-refractivity contribution in [1.29, 1.82) is 0 Å². The summed E-state index contributed by atoms with van der Waals surface area (Å²) in [5.41, 5.74) is 1.22. The minimum atomic E-state index is -1.19. The van der Waals surface area contributed by atoms with Crippen LogP contribution in [0.3, 0.4) is 0 Å². The van der Waals surface area contributed by atoms with Gasteiger partial charge in [-0.25, -0.2) is 4.79 Å². The fraction of sp³-hybridized carbons (Fsp3) is 0.200. The van der Waals surface area contributed by atoms with Gasteiger partial charge in [0, 0.05) is 6.54 Å². The summed E-state index contributed by atoms with van der Waals surface area (Å²) in [5, 5.41) is 11.4. The molecule has 0 radical (unpaired) electrons. The topological polar surface area (TPSA) is 79.5 Å². The lowest BCUT2D eigenvalue weighted by atomic mass is 10.1. The number of hydrogen-bond donors (Lipinski definition) is 2. The first-order valence-corrected chi connectivity index (χ1v) is 6.32. The van der Waals surface area contributed by atoms with Crippen molar-refractivity contribution in [2.45, 2.75) is 12.8 Å². The Morgan fingerprint density at radius 1 is 1.05 bits per heavy atom. The number of rotatable bonds is 6. The van der Waals surface area contributed by atoms with E-state index < -0.39 is 11.9 Å². The number of aryl methyl sites for hydroxylation is 1. The first kappa shape index (κ1) is 13.9. The second-order valence-electron chi connectivity index (χ2n) is 4.31. The highest BCUT2D eigenvalue weighted by molar-refractivity contribution is 5.93. The number of carboxylic acid groups (broad SMARTS) is 1. The van der Waals surface area contributed by atoms with E-state index in [9.17, 15) is 9.59 Å². The molecule has 1 aromatic heterocycles. The molecule has 0 unspecified atom stereocenters. The van der Waals surface area contributed by atoms with E-state index in [1.807, 2.05) is 30.3 Å². The summed E-state index contributed by atoms with van der Waals surface area (Å²) >= 11 is 0. The van der Waals surface area contributed by atoms with Crippen molar-refractivity contribution in [1.82, 2.24) is 5.32 Å². The van der Waals surface area contributed by atoms with Gasteiger partial charge in [-0.1, -0.05) is 30.3 Å². The van der Waals surface area contributed by atoms with Crippen molar-refractivity contribution in [3.8, 4) is 0 Å². The van der Waals surface area contributed by atoms with Crippen LogP contribution in [-0.4, -0.2) is 23.5 Å². The molecule has 5 heteroatoms. The summed E-state index contributed by atoms with van der Waals surface area (Å²) in [6.07, 6.45) is 1.68. The highest BCUT2D eigenvalue weighted by Crippen LogP contribution is 2.07. The molecule has 0 aliphatic carbocycles. The Kier molecular flexibility index (Phi) is 4.55. The van der Waals surface area contributed by atoms with Gasteiger partial charge in [-0.3, -0.25) is 4.79 Å². The van der Waals surface area contributed by atoms with Gasteiger partial charge in [-0.15, -0.1) is 0 Å². The standard InChI is InChI=1S/C15H15NO4/c17-14(12-8-9-13(20-12)15(18)19)16-10-4-7-11-5-2-1-3-6-11/h1-3,5-6,8-9H,4,7,10H2,(H,16,17)(H,18,19). The Morgan fingerprint density at radius 3 is 2.40 bits per heavy atom. The smallest absolute Gasteiger partial charge is 0.371 e. The lowest BCUT2D eigenvalue weighted by Crippen LogP contribution is -2.24. The Balaban J connectivity index is 1.76. The van der Waals surface area contributed by atoms with E-state index in [1.54, 1.807) is 0 Å². The molecule has 20 heavy (non-hydrogen) atoms. The van der Waals surface area contributed by atoms with Gasteiger partial charge in [0.2, 0.25) is 5.76 Å². The highest BCUT2D eigenvalue weighted by atomic mass is 16.4. The molecule has 2 N–H and O–H groups in total. The molecule has 2 rings (SSSR count). The van der Waals surface area contributed by atoms with Crippen LogP contribution < -0.4 is 5.32 Å². The summed E-state index contributed by atoms with van der Waals surface area (Å²) in [6.45, 7) is 0.511. The quantitative estimate of drug-likeness (QED) is 0.792. The molecule has 0 saturated heterocycles. The molecular weight excluding hydrogens is 258 g/mol. The molecule has 0 aliphatic heterocycles. The third kappa shape index (κ3) is 3.71. The summed E-state index contributed by atoms with van der Waals surface area (Å²) in [4.78, 5) is 22.3. The zero-order chi connectivity index (χ0) is 14.4. The van der Waals surface area contributed by atoms with E-state index in [1.165, 1.54) is 17.7 Å². The number of benzene rings is 1. The third-order valence-corrected chi connectivity index (χ3v) is 2.81. The molecular formula is C15H15NO4. The molecule has 0 aliphatic rings. The van der Waals surface area contributed by atoms with E-state index in [2.05, 4.69) is 5.32 Å². The summed E-state index contributed by atoms with van der Waals surface area (Å²) in [6, 6.07) is 12.6. The van der Waals surface area contributed by atoms with Crippen molar-refractivity contribution in [2.24, 2.45) is 0 Å². The van der Waals surface area contributed by atoms with Crippen molar-refractivity contribution in [2.75, 3.05) is 6.54 Å². The average Bonchev–Trinajstić information content (AvgIpc) is 2.94. The van der Waals surface area contributed by atoms with E-state index in [0.717, 1.165) is 12.8 Å². The highest BCUT2D eigenvalue weighted by Gasteiger charge is 2.14. The zero-order valence-electron chi connectivity index (χ0n) is 10.8. The molecule has 1 amide bonds. The molecule has 5 nitrogen and oxygen atoms in total. The minimum Gasteiger partial charge on any atom is -0.475 e. The Labute approximate surface area is 116 Å². The molecule has 2 aromatic rings. The van der Waals surface area contributed by atoms with E-state index in [-0.39, 0.29) is 11.5 Å². The number of aromatic carboxylic acids is 1. The second-order valence-corrected chi connectivity index (χ2v) is 4.31. The fourth-order valence-corrected chi connectivity index (χ4v) is 1.80. The van der Waals surface area contributed by atoms with Gasteiger partial charge < -0.3 is 14.8 Å².